The van der Waals surface area contributed by atoms with Crippen LogP contribution in [0.25, 0.3) is 0 Å². The molecule has 0 saturated carbocycles. The van der Waals surface area contributed by atoms with Crippen LogP contribution in [0, 0.1) is 0 Å². The summed E-state index contributed by atoms with van der Waals surface area (Å²) in [7, 11) is -2.47. The van der Waals surface area contributed by atoms with Crippen LogP contribution in [-0.4, -0.2) is 36.7 Å². The largest absolute Gasteiger partial charge is 0.507 e. The number of rotatable bonds is 7. The van der Waals surface area contributed by atoms with E-state index in [9.17, 15) is 18.3 Å². The van der Waals surface area contributed by atoms with Gasteiger partial charge in [0.1, 0.15) is 22.7 Å². The molecule has 11 heteroatoms. The zero-order valence-corrected chi connectivity index (χ0v) is 16.4. The van der Waals surface area contributed by atoms with Gasteiger partial charge in [0.2, 0.25) is 0 Å². The number of phenols is 1. The Hall–Kier alpha value is -3.99. The molecule has 3 aromatic rings. The maximum Gasteiger partial charge on any atom is 0.339 e. The van der Waals surface area contributed by atoms with E-state index in [1.54, 1.807) is 0 Å². The Morgan fingerprint density at radius 1 is 1.07 bits per heavy atom. The highest BCUT2D eigenvalue weighted by Gasteiger charge is 2.16. The molecule has 0 spiro atoms. The van der Waals surface area contributed by atoms with E-state index in [2.05, 4.69) is 19.9 Å². The topological polar surface area (TPSA) is 151 Å². The fourth-order valence-corrected chi connectivity index (χ4v) is 3.46. The Balaban J connectivity index is 1.78. The minimum atomic E-state index is -3.89. The van der Waals surface area contributed by atoms with Gasteiger partial charge in [-0.05, 0) is 42.5 Å². The maximum atomic E-state index is 12.6. The molecule has 0 bridgehead atoms. The smallest absolute Gasteiger partial charge is 0.339 e. The van der Waals surface area contributed by atoms with Crippen LogP contribution in [0.3, 0.4) is 0 Å². The summed E-state index contributed by atoms with van der Waals surface area (Å²) in [5.41, 5.74) is 0.459. The Kier molecular flexibility index (Phi) is 5.93. The number of carbonyl (C=O) groups is 1. The normalized spacial score (nSPS) is 11.4. The molecule has 10 nitrogen and oxygen atoms in total. The third-order valence-corrected chi connectivity index (χ3v) is 5.27. The number of azo groups is 1. The molecule has 154 valence electrons. The fourth-order valence-electron chi connectivity index (χ4n) is 2.40. The van der Waals surface area contributed by atoms with E-state index < -0.39 is 16.0 Å². The second kappa shape index (κ2) is 8.57. The molecule has 0 radical (unpaired) electrons. The lowest BCUT2D eigenvalue weighted by Crippen LogP contribution is -2.13. The van der Waals surface area contributed by atoms with E-state index in [1.807, 2.05) is 0 Å². The summed E-state index contributed by atoms with van der Waals surface area (Å²) >= 11 is 0. The summed E-state index contributed by atoms with van der Waals surface area (Å²) in [5.74, 6) is -1.35. The predicted molar refractivity (Wildman–Crippen MR) is 107 cm³/mol. The Labute approximate surface area is 171 Å². The van der Waals surface area contributed by atoms with E-state index >= 15 is 0 Å². The molecule has 30 heavy (non-hydrogen) atoms. The maximum absolute atomic E-state index is 12.6. The molecule has 0 atom stereocenters. The van der Waals surface area contributed by atoms with Gasteiger partial charge >= 0.3 is 5.97 Å². The van der Waals surface area contributed by atoms with Gasteiger partial charge in [-0.25, -0.2) is 13.2 Å². The van der Waals surface area contributed by atoms with Crippen molar-refractivity contribution in [3.63, 3.8) is 0 Å². The number of aromatic carboxylic acids is 1. The van der Waals surface area contributed by atoms with Gasteiger partial charge < -0.3 is 14.9 Å². The van der Waals surface area contributed by atoms with E-state index in [-0.39, 0.29) is 27.6 Å². The number of aromatic hydroxyl groups is 1. The van der Waals surface area contributed by atoms with Crippen molar-refractivity contribution in [2.45, 2.75) is 4.90 Å². The van der Waals surface area contributed by atoms with Crippen LogP contribution >= 0.6 is 0 Å². The summed E-state index contributed by atoms with van der Waals surface area (Å²) in [6, 6.07) is 10.9. The minimum absolute atomic E-state index is 0.00912. The van der Waals surface area contributed by atoms with Gasteiger partial charge in [0.25, 0.3) is 10.0 Å². The number of benzene rings is 2. The third kappa shape index (κ3) is 4.70. The van der Waals surface area contributed by atoms with Crippen molar-refractivity contribution in [3.05, 3.63) is 66.5 Å². The molecule has 0 amide bonds. The lowest BCUT2D eigenvalue weighted by molar-refractivity contribution is 0.0693. The molecule has 3 rings (SSSR count). The average Bonchev–Trinajstić information content (AvgIpc) is 2.73. The number of methoxy groups -OCH3 is 1. The average molecular weight is 428 g/mol. The highest BCUT2D eigenvalue weighted by molar-refractivity contribution is 7.92. The van der Waals surface area contributed by atoms with Gasteiger partial charge in [0.15, 0.2) is 0 Å². The standard InChI is InChI=1S/C19H16N4O6S/c1-29-18-8-9-20-11-16(18)23-30(27,28)14-5-2-12(3-6-14)21-22-13-4-7-17(24)15(10-13)19(25)26/h2-11,23-24H,1H3,(H,25,26). The van der Waals surface area contributed by atoms with Crippen molar-refractivity contribution in [1.29, 1.82) is 0 Å². The van der Waals surface area contributed by atoms with E-state index in [0.717, 1.165) is 0 Å². The van der Waals surface area contributed by atoms with Crippen LogP contribution in [-0.2, 0) is 10.0 Å². The van der Waals surface area contributed by atoms with Crippen LogP contribution in [0.5, 0.6) is 11.5 Å². The molecule has 3 N–H and O–H groups in total. The second-order valence-corrected chi connectivity index (χ2v) is 7.56. The molecule has 0 aliphatic carbocycles. The second-order valence-electron chi connectivity index (χ2n) is 5.88. The molecular weight excluding hydrogens is 412 g/mol. The molecular formula is C19H16N4O6S. The van der Waals surface area contributed by atoms with E-state index in [4.69, 9.17) is 9.84 Å². The number of carboxylic acid groups (broad SMARTS) is 1. The zero-order valence-electron chi connectivity index (χ0n) is 15.6. The first-order valence-corrected chi connectivity index (χ1v) is 9.87. The first-order chi connectivity index (χ1) is 14.3. The van der Waals surface area contributed by atoms with Crippen molar-refractivity contribution < 1.29 is 28.2 Å². The van der Waals surface area contributed by atoms with E-state index in [1.165, 1.54) is 68.0 Å². The summed E-state index contributed by atoms with van der Waals surface area (Å²) in [6.45, 7) is 0. The summed E-state index contributed by atoms with van der Waals surface area (Å²) in [5, 5.41) is 26.4. The SMILES string of the molecule is COc1ccncc1NS(=O)(=O)c1ccc(N=Nc2ccc(O)c(C(=O)O)c2)cc1. The molecule has 0 fully saturated rings. The van der Waals surface area contributed by atoms with Gasteiger partial charge in [-0.15, -0.1) is 0 Å². The van der Waals surface area contributed by atoms with Gasteiger partial charge in [0.05, 0.1) is 29.6 Å². The molecule has 0 unspecified atom stereocenters. The molecule has 1 heterocycles. The number of nitrogens with zero attached hydrogens (tertiary/aromatic N) is 3. The first kappa shape index (κ1) is 20.7. The molecule has 2 aromatic carbocycles. The number of hydrogen-bond acceptors (Lipinski definition) is 8. The number of ether oxygens (including phenoxy) is 1. The number of aromatic nitrogens is 1. The molecule has 0 aliphatic rings. The number of pyridine rings is 1. The van der Waals surface area contributed by atoms with Crippen LogP contribution < -0.4 is 9.46 Å². The quantitative estimate of drug-likeness (QED) is 0.485. The first-order valence-electron chi connectivity index (χ1n) is 8.39. The highest BCUT2D eigenvalue weighted by atomic mass is 32.2. The zero-order chi connectivity index (χ0) is 21.7. The van der Waals surface area contributed by atoms with Crippen LogP contribution in [0.2, 0.25) is 0 Å². The van der Waals surface area contributed by atoms with E-state index in [0.29, 0.717) is 11.4 Å². The monoisotopic (exact) mass is 428 g/mol. The predicted octanol–water partition coefficient (Wildman–Crippen LogP) is 3.71. The van der Waals surface area contributed by atoms with Crippen LogP contribution in [0.15, 0.2) is 76.0 Å². The Bertz CT molecular complexity index is 1210. The number of carboxylic acids is 1. The van der Waals surface area contributed by atoms with Gasteiger partial charge in [-0.2, -0.15) is 10.2 Å². The molecule has 1 aromatic heterocycles. The lowest BCUT2D eigenvalue weighted by atomic mass is 10.2. The highest BCUT2D eigenvalue weighted by Crippen LogP contribution is 2.27. The lowest BCUT2D eigenvalue weighted by Gasteiger charge is -2.11. The number of hydrogen-bond donors (Lipinski definition) is 3. The van der Waals surface area contributed by atoms with Crippen molar-refractivity contribution in [2.75, 3.05) is 11.8 Å². The summed E-state index contributed by atoms with van der Waals surface area (Å²) < 4.78 is 32.6. The molecule has 0 saturated heterocycles. The van der Waals surface area contributed by atoms with Crippen molar-refractivity contribution in [3.8, 4) is 11.5 Å². The third-order valence-electron chi connectivity index (χ3n) is 3.88. The van der Waals surface area contributed by atoms with Gasteiger partial charge in [0, 0.05) is 12.3 Å². The number of sulfonamides is 1. The number of anilines is 1. The van der Waals surface area contributed by atoms with Crippen LogP contribution in [0.1, 0.15) is 10.4 Å². The van der Waals surface area contributed by atoms with Crippen molar-refractivity contribution >= 4 is 33.1 Å². The van der Waals surface area contributed by atoms with Crippen molar-refractivity contribution in [1.82, 2.24) is 4.98 Å². The Morgan fingerprint density at radius 3 is 2.40 bits per heavy atom. The van der Waals surface area contributed by atoms with Crippen LogP contribution in [0.4, 0.5) is 17.1 Å². The molecule has 0 aliphatic heterocycles. The Morgan fingerprint density at radius 2 is 1.73 bits per heavy atom. The summed E-state index contributed by atoms with van der Waals surface area (Å²) in [6.07, 6.45) is 2.81. The minimum Gasteiger partial charge on any atom is -0.507 e. The summed E-state index contributed by atoms with van der Waals surface area (Å²) in [4.78, 5) is 14.9. The van der Waals surface area contributed by atoms with Gasteiger partial charge in [-0.3, -0.25) is 9.71 Å². The number of nitrogens with one attached hydrogen (secondary N) is 1. The van der Waals surface area contributed by atoms with Crippen molar-refractivity contribution in [2.24, 2.45) is 10.2 Å². The van der Waals surface area contributed by atoms with Gasteiger partial charge in [-0.1, -0.05) is 0 Å². The fraction of sp³-hybridized carbons (Fsp3) is 0.0526.